The largest absolute Gasteiger partial charge is 0.285 e. The average molecular weight is 331 g/mol. The molecule has 5 nitrogen and oxygen atoms in total. The van der Waals surface area contributed by atoms with E-state index < -0.39 is 0 Å². The fourth-order valence-corrected chi connectivity index (χ4v) is 3.33. The highest BCUT2D eigenvalue weighted by Gasteiger charge is 2.41. The van der Waals surface area contributed by atoms with Crippen molar-refractivity contribution in [2.75, 3.05) is 4.90 Å². The molecule has 2 heterocycles. The van der Waals surface area contributed by atoms with Crippen molar-refractivity contribution in [3.63, 3.8) is 0 Å². The Morgan fingerprint density at radius 3 is 2.56 bits per heavy atom. The quantitative estimate of drug-likeness (QED) is 0.690. The van der Waals surface area contributed by atoms with Crippen molar-refractivity contribution in [2.45, 2.75) is 12.8 Å². The number of hydrogen-bond donors (Lipinski definition) is 0. The van der Waals surface area contributed by atoms with E-state index in [4.69, 9.17) is 0 Å². The summed E-state index contributed by atoms with van der Waals surface area (Å²) >= 11 is 0. The van der Waals surface area contributed by atoms with Crippen molar-refractivity contribution in [2.24, 2.45) is 5.92 Å². The van der Waals surface area contributed by atoms with Crippen LogP contribution in [0.15, 0.2) is 61.2 Å². The van der Waals surface area contributed by atoms with Gasteiger partial charge in [-0.05, 0) is 24.1 Å². The molecule has 0 saturated carbocycles. The molecule has 2 aromatic carbocycles. The SMILES string of the molecule is C=Cn1c(N2C(=O)C[C@@H](Cc3ccccc3)C2=O)nc2ccccc21. The highest BCUT2D eigenvalue weighted by Crippen LogP contribution is 2.30. The lowest BCUT2D eigenvalue weighted by Gasteiger charge is -2.14. The second-order valence-corrected chi connectivity index (χ2v) is 6.11. The van der Waals surface area contributed by atoms with Gasteiger partial charge in [-0.1, -0.05) is 49.0 Å². The van der Waals surface area contributed by atoms with E-state index in [-0.39, 0.29) is 24.2 Å². The van der Waals surface area contributed by atoms with Gasteiger partial charge in [-0.15, -0.1) is 0 Å². The summed E-state index contributed by atoms with van der Waals surface area (Å²) in [6, 6.07) is 17.3. The highest BCUT2D eigenvalue weighted by atomic mass is 16.2. The molecule has 1 saturated heterocycles. The molecule has 25 heavy (non-hydrogen) atoms. The van der Waals surface area contributed by atoms with E-state index in [1.165, 1.54) is 4.90 Å². The number of para-hydroxylation sites is 2. The molecular formula is C20H17N3O2. The number of nitrogens with zero attached hydrogens (tertiary/aromatic N) is 3. The molecule has 0 unspecified atom stereocenters. The number of benzene rings is 2. The van der Waals surface area contributed by atoms with Crippen molar-refractivity contribution in [3.05, 3.63) is 66.7 Å². The fourth-order valence-electron chi connectivity index (χ4n) is 3.33. The number of imide groups is 1. The molecule has 124 valence electrons. The molecule has 0 N–H and O–H groups in total. The molecule has 4 rings (SSSR count). The Hall–Kier alpha value is -3.21. The van der Waals surface area contributed by atoms with Crippen molar-refractivity contribution in [3.8, 4) is 0 Å². The van der Waals surface area contributed by atoms with Gasteiger partial charge in [0.05, 0.1) is 17.0 Å². The van der Waals surface area contributed by atoms with Gasteiger partial charge in [0.2, 0.25) is 17.8 Å². The zero-order valence-corrected chi connectivity index (χ0v) is 13.6. The number of carbonyl (C=O) groups is 2. The van der Waals surface area contributed by atoms with Crippen LogP contribution >= 0.6 is 0 Å². The van der Waals surface area contributed by atoms with Crippen LogP contribution in [0.5, 0.6) is 0 Å². The van der Waals surface area contributed by atoms with Gasteiger partial charge in [-0.3, -0.25) is 14.2 Å². The number of aromatic nitrogens is 2. The number of anilines is 1. The first-order valence-electron chi connectivity index (χ1n) is 8.19. The van der Waals surface area contributed by atoms with Gasteiger partial charge in [0.25, 0.3) is 0 Å². The first-order chi connectivity index (χ1) is 12.2. The summed E-state index contributed by atoms with van der Waals surface area (Å²) in [4.78, 5) is 31.1. The topological polar surface area (TPSA) is 55.2 Å². The minimum absolute atomic E-state index is 0.202. The highest BCUT2D eigenvalue weighted by molar-refractivity contribution is 6.20. The maximum absolute atomic E-state index is 12.9. The maximum atomic E-state index is 12.9. The van der Waals surface area contributed by atoms with Gasteiger partial charge < -0.3 is 0 Å². The number of fused-ring (bicyclic) bond motifs is 1. The van der Waals surface area contributed by atoms with Crippen molar-refractivity contribution >= 4 is 35.0 Å². The number of amides is 2. The van der Waals surface area contributed by atoms with E-state index in [0.29, 0.717) is 12.4 Å². The maximum Gasteiger partial charge on any atom is 0.240 e. The molecule has 0 aliphatic carbocycles. The van der Waals surface area contributed by atoms with E-state index in [0.717, 1.165) is 16.6 Å². The van der Waals surface area contributed by atoms with Crippen LogP contribution in [0.1, 0.15) is 12.0 Å². The van der Waals surface area contributed by atoms with Crippen LogP contribution in [0.25, 0.3) is 17.2 Å². The zero-order valence-electron chi connectivity index (χ0n) is 13.6. The lowest BCUT2D eigenvalue weighted by molar-refractivity contribution is -0.122. The fraction of sp³-hybridized carbons (Fsp3) is 0.150. The Kier molecular flexibility index (Phi) is 3.69. The van der Waals surface area contributed by atoms with Crippen LogP contribution in [0.4, 0.5) is 5.95 Å². The van der Waals surface area contributed by atoms with Crippen molar-refractivity contribution in [1.82, 2.24) is 9.55 Å². The third kappa shape index (κ3) is 2.54. The van der Waals surface area contributed by atoms with E-state index in [1.807, 2.05) is 54.6 Å². The zero-order chi connectivity index (χ0) is 17.4. The summed E-state index contributed by atoms with van der Waals surface area (Å²) in [6.45, 7) is 3.80. The molecule has 1 aliphatic heterocycles. The van der Waals surface area contributed by atoms with Crippen LogP contribution < -0.4 is 4.90 Å². The first kappa shape index (κ1) is 15.3. The minimum atomic E-state index is -0.354. The van der Waals surface area contributed by atoms with Gasteiger partial charge in [0.1, 0.15) is 0 Å². The van der Waals surface area contributed by atoms with E-state index in [9.17, 15) is 9.59 Å². The lowest BCUT2D eigenvalue weighted by Crippen LogP contribution is -2.32. The minimum Gasteiger partial charge on any atom is -0.285 e. The summed E-state index contributed by atoms with van der Waals surface area (Å²) in [7, 11) is 0. The van der Waals surface area contributed by atoms with Crippen LogP contribution in [0.2, 0.25) is 0 Å². The molecule has 5 heteroatoms. The Morgan fingerprint density at radius 1 is 1.08 bits per heavy atom. The summed E-state index contributed by atoms with van der Waals surface area (Å²) in [5.41, 5.74) is 2.59. The van der Waals surface area contributed by atoms with Gasteiger partial charge in [-0.25, -0.2) is 9.88 Å². The van der Waals surface area contributed by atoms with Crippen LogP contribution in [-0.4, -0.2) is 21.4 Å². The van der Waals surface area contributed by atoms with Crippen LogP contribution in [0.3, 0.4) is 0 Å². The predicted molar refractivity (Wildman–Crippen MR) is 96.9 cm³/mol. The third-order valence-corrected chi connectivity index (χ3v) is 4.52. The number of hydrogen-bond acceptors (Lipinski definition) is 3. The summed E-state index contributed by atoms with van der Waals surface area (Å²) in [5.74, 6) is -0.452. The number of imidazole rings is 1. The molecule has 0 spiro atoms. The van der Waals surface area contributed by atoms with E-state index in [2.05, 4.69) is 11.6 Å². The molecular weight excluding hydrogens is 314 g/mol. The summed E-state index contributed by atoms with van der Waals surface area (Å²) in [5, 5.41) is 0. The third-order valence-electron chi connectivity index (χ3n) is 4.52. The molecule has 1 atom stereocenters. The molecule has 1 fully saturated rings. The number of carbonyl (C=O) groups excluding carboxylic acids is 2. The van der Waals surface area contributed by atoms with Gasteiger partial charge in [0, 0.05) is 12.6 Å². The lowest BCUT2D eigenvalue weighted by atomic mass is 9.98. The van der Waals surface area contributed by atoms with Gasteiger partial charge >= 0.3 is 0 Å². The Labute approximate surface area is 145 Å². The monoisotopic (exact) mass is 331 g/mol. The average Bonchev–Trinajstić information content (AvgIpc) is 3.12. The normalized spacial score (nSPS) is 17.4. The van der Waals surface area contributed by atoms with Gasteiger partial charge in [0.15, 0.2) is 0 Å². The Bertz CT molecular complexity index is 975. The molecule has 0 bridgehead atoms. The van der Waals surface area contributed by atoms with Crippen LogP contribution in [-0.2, 0) is 16.0 Å². The Morgan fingerprint density at radius 2 is 1.80 bits per heavy atom. The second kappa shape index (κ2) is 6.02. The smallest absolute Gasteiger partial charge is 0.240 e. The number of rotatable bonds is 4. The van der Waals surface area contributed by atoms with Crippen molar-refractivity contribution < 1.29 is 9.59 Å². The molecule has 1 aromatic heterocycles. The first-order valence-corrected chi connectivity index (χ1v) is 8.19. The second-order valence-electron chi connectivity index (χ2n) is 6.11. The molecule has 1 aliphatic rings. The van der Waals surface area contributed by atoms with Crippen LogP contribution in [0, 0.1) is 5.92 Å². The van der Waals surface area contributed by atoms with Gasteiger partial charge in [-0.2, -0.15) is 0 Å². The van der Waals surface area contributed by atoms with E-state index >= 15 is 0 Å². The van der Waals surface area contributed by atoms with E-state index in [1.54, 1.807) is 10.8 Å². The standard InChI is InChI=1S/C20H17N3O2/c1-2-22-17-11-7-6-10-16(17)21-20(22)23-18(24)13-15(19(23)25)12-14-8-4-3-5-9-14/h2-11,15H,1,12-13H2/t15-/m1/s1. The predicted octanol–water partition coefficient (Wildman–Crippen LogP) is 3.26. The summed E-state index contributed by atoms with van der Waals surface area (Å²) < 4.78 is 1.69. The molecule has 2 amide bonds. The molecule has 0 radical (unpaired) electrons. The Balaban J connectivity index is 1.70. The summed E-state index contributed by atoms with van der Waals surface area (Å²) in [6.07, 6.45) is 2.33. The van der Waals surface area contributed by atoms with Crippen molar-refractivity contribution in [1.29, 1.82) is 0 Å². The molecule has 3 aromatic rings.